The zero-order valence-electron chi connectivity index (χ0n) is 14.6. The summed E-state index contributed by atoms with van der Waals surface area (Å²) in [7, 11) is 0.979. The van der Waals surface area contributed by atoms with Crippen LogP contribution in [0.4, 0.5) is 0 Å². The Labute approximate surface area is 154 Å². The molecule has 0 amide bonds. The smallest absolute Gasteiger partial charge is 0.198 e. The van der Waals surface area contributed by atoms with Crippen LogP contribution in [0.15, 0.2) is 30.3 Å². The van der Waals surface area contributed by atoms with Gasteiger partial charge >= 0.3 is 0 Å². The first kappa shape index (κ1) is 18.3. The van der Waals surface area contributed by atoms with Crippen LogP contribution in [0, 0.1) is 4.77 Å². The molecule has 1 aromatic carbocycles. The van der Waals surface area contributed by atoms with E-state index in [1.165, 1.54) is 5.56 Å². The van der Waals surface area contributed by atoms with Gasteiger partial charge < -0.3 is 4.57 Å². The summed E-state index contributed by atoms with van der Waals surface area (Å²) in [5.74, 6) is 1.15. The molecule has 1 aliphatic heterocycles. The van der Waals surface area contributed by atoms with Gasteiger partial charge in [-0.2, -0.15) is 5.10 Å². The molecule has 0 radical (unpaired) electrons. The molecule has 3 rings (SSSR count). The largest absolute Gasteiger partial charge is 0.307 e. The molecule has 136 valence electrons. The van der Waals surface area contributed by atoms with Crippen molar-refractivity contribution in [2.24, 2.45) is 7.05 Å². The predicted molar refractivity (Wildman–Crippen MR) is 101 cm³/mol. The Balaban J connectivity index is 1.67. The van der Waals surface area contributed by atoms with Crippen LogP contribution in [-0.2, 0) is 30.0 Å². The van der Waals surface area contributed by atoms with Crippen molar-refractivity contribution in [1.29, 1.82) is 0 Å². The lowest BCUT2D eigenvalue weighted by Crippen LogP contribution is -2.25. The van der Waals surface area contributed by atoms with Crippen molar-refractivity contribution in [3.05, 3.63) is 46.5 Å². The lowest BCUT2D eigenvalue weighted by molar-refractivity contribution is 0.254. The van der Waals surface area contributed by atoms with Gasteiger partial charge in [0.2, 0.25) is 0 Å². The quantitative estimate of drug-likeness (QED) is 0.717. The molecule has 0 aliphatic carbocycles. The summed E-state index contributed by atoms with van der Waals surface area (Å²) in [5.41, 5.74) is 1.30. The zero-order valence-corrected chi connectivity index (χ0v) is 16.3. The van der Waals surface area contributed by atoms with Crippen molar-refractivity contribution in [1.82, 2.24) is 19.2 Å². The Kier molecular flexibility index (Phi) is 5.41. The van der Waals surface area contributed by atoms with Crippen LogP contribution in [0.1, 0.15) is 23.7 Å². The average Bonchev–Trinajstić information content (AvgIpc) is 3.08. The maximum Gasteiger partial charge on any atom is 0.198 e. The number of sulfone groups is 1. The van der Waals surface area contributed by atoms with Crippen molar-refractivity contribution >= 4 is 22.1 Å². The molecule has 8 heteroatoms. The van der Waals surface area contributed by atoms with E-state index in [1.807, 2.05) is 36.9 Å². The van der Waals surface area contributed by atoms with E-state index in [4.69, 9.17) is 12.2 Å². The van der Waals surface area contributed by atoms with E-state index in [1.54, 1.807) is 4.68 Å². The van der Waals surface area contributed by atoms with Gasteiger partial charge in [-0.05, 0) is 37.7 Å². The summed E-state index contributed by atoms with van der Waals surface area (Å²) in [6.07, 6.45) is 1.59. The minimum Gasteiger partial charge on any atom is -0.307 e. The molecule has 25 heavy (non-hydrogen) atoms. The molecule has 0 spiro atoms. The van der Waals surface area contributed by atoms with E-state index in [0.717, 1.165) is 18.8 Å². The second-order valence-electron chi connectivity index (χ2n) is 6.76. The zero-order chi connectivity index (χ0) is 18.0. The Hall–Kier alpha value is -1.51. The molecule has 6 nitrogen and oxygen atoms in total. The van der Waals surface area contributed by atoms with Crippen LogP contribution in [0.25, 0.3) is 0 Å². The SMILES string of the molecule is CN(CCc1ccccc1)Cn1nc([C@@H]2CCS(=O)(=O)C2)n(C)c1=S. The van der Waals surface area contributed by atoms with Crippen molar-refractivity contribution < 1.29 is 8.42 Å². The maximum atomic E-state index is 11.7. The number of rotatable bonds is 6. The predicted octanol–water partition coefficient (Wildman–Crippen LogP) is 1.99. The van der Waals surface area contributed by atoms with Crippen molar-refractivity contribution in [2.75, 3.05) is 25.1 Å². The number of likely N-dealkylation sites (N-methyl/N-ethyl adjacent to an activating group) is 1. The average molecular weight is 381 g/mol. The molecule has 2 heterocycles. The van der Waals surface area contributed by atoms with Gasteiger partial charge in [-0.1, -0.05) is 30.3 Å². The standard InChI is InChI=1S/C17H24N4O2S2/c1-19(10-8-14-6-4-3-5-7-14)13-21-17(24)20(2)16(18-21)15-9-11-25(22,23)12-15/h3-7,15H,8-13H2,1-2H3/t15-/m1/s1. The third-order valence-electron chi connectivity index (χ3n) is 4.67. The third-order valence-corrected chi connectivity index (χ3v) is 6.93. The normalized spacial score (nSPS) is 19.6. The minimum absolute atomic E-state index is 0.0485. The summed E-state index contributed by atoms with van der Waals surface area (Å²) in [6.45, 7) is 1.49. The number of aromatic nitrogens is 3. The lowest BCUT2D eigenvalue weighted by Gasteiger charge is -2.16. The van der Waals surface area contributed by atoms with Crippen LogP contribution in [0.2, 0.25) is 0 Å². The molecule has 2 aromatic rings. The monoisotopic (exact) mass is 380 g/mol. The van der Waals surface area contributed by atoms with Crippen LogP contribution >= 0.6 is 12.2 Å². The molecule has 0 N–H and O–H groups in total. The first-order valence-corrected chi connectivity index (χ1v) is 10.7. The Morgan fingerprint density at radius 1 is 1.32 bits per heavy atom. The highest BCUT2D eigenvalue weighted by Gasteiger charge is 2.32. The molecule has 0 bridgehead atoms. The molecular weight excluding hydrogens is 356 g/mol. The fraction of sp³-hybridized carbons (Fsp3) is 0.529. The summed E-state index contributed by atoms with van der Waals surface area (Å²) in [5, 5.41) is 4.62. The fourth-order valence-corrected chi connectivity index (χ4v) is 5.15. The van der Waals surface area contributed by atoms with E-state index in [9.17, 15) is 8.42 Å². The minimum atomic E-state index is -2.93. The summed E-state index contributed by atoms with van der Waals surface area (Å²) in [4.78, 5) is 2.17. The van der Waals surface area contributed by atoms with E-state index >= 15 is 0 Å². The van der Waals surface area contributed by atoms with Crippen LogP contribution < -0.4 is 0 Å². The van der Waals surface area contributed by atoms with E-state index in [2.05, 4.69) is 22.1 Å². The summed E-state index contributed by atoms with van der Waals surface area (Å²) < 4.78 is 27.7. The highest BCUT2D eigenvalue weighted by atomic mass is 32.2. The van der Waals surface area contributed by atoms with Gasteiger partial charge in [-0.3, -0.25) is 4.90 Å². The highest BCUT2D eigenvalue weighted by molar-refractivity contribution is 7.91. The number of nitrogens with zero attached hydrogens (tertiary/aromatic N) is 4. The van der Waals surface area contributed by atoms with E-state index in [0.29, 0.717) is 17.9 Å². The molecule has 1 saturated heterocycles. The highest BCUT2D eigenvalue weighted by Crippen LogP contribution is 2.27. The van der Waals surface area contributed by atoms with Gasteiger partial charge in [0.25, 0.3) is 0 Å². The van der Waals surface area contributed by atoms with E-state index in [-0.39, 0.29) is 17.4 Å². The van der Waals surface area contributed by atoms with Crippen molar-refractivity contribution in [2.45, 2.75) is 25.4 Å². The second-order valence-corrected chi connectivity index (χ2v) is 9.35. The first-order chi connectivity index (χ1) is 11.9. The Morgan fingerprint density at radius 2 is 2.04 bits per heavy atom. The van der Waals surface area contributed by atoms with Gasteiger partial charge in [0, 0.05) is 19.5 Å². The first-order valence-electron chi connectivity index (χ1n) is 8.42. The molecule has 1 atom stereocenters. The van der Waals surface area contributed by atoms with Crippen molar-refractivity contribution in [3.63, 3.8) is 0 Å². The molecule has 1 aliphatic rings. The summed E-state index contributed by atoms with van der Waals surface area (Å²) >= 11 is 5.49. The van der Waals surface area contributed by atoms with Gasteiger partial charge in [-0.25, -0.2) is 13.1 Å². The van der Waals surface area contributed by atoms with Crippen LogP contribution in [0.3, 0.4) is 0 Å². The molecule has 0 unspecified atom stereocenters. The molecule has 1 fully saturated rings. The van der Waals surface area contributed by atoms with E-state index < -0.39 is 9.84 Å². The third kappa shape index (κ3) is 4.37. The van der Waals surface area contributed by atoms with Gasteiger partial charge in [0.1, 0.15) is 5.82 Å². The number of benzene rings is 1. The molecule has 0 saturated carbocycles. The Morgan fingerprint density at radius 3 is 2.68 bits per heavy atom. The lowest BCUT2D eigenvalue weighted by atomic mass is 10.1. The van der Waals surface area contributed by atoms with Crippen LogP contribution in [-0.4, -0.2) is 52.8 Å². The number of hydrogen-bond donors (Lipinski definition) is 0. The fourth-order valence-electron chi connectivity index (χ4n) is 3.21. The topological polar surface area (TPSA) is 60.1 Å². The maximum absolute atomic E-state index is 11.7. The van der Waals surface area contributed by atoms with Crippen LogP contribution in [0.5, 0.6) is 0 Å². The molecule has 1 aromatic heterocycles. The van der Waals surface area contributed by atoms with Gasteiger partial charge in [0.05, 0.1) is 18.2 Å². The summed E-state index contributed by atoms with van der Waals surface area (Å²) in [6, 6.07) is 10.4. The molecular formula is C17H24N4O2S2. The van der Waals surface area contributed by atoms with Crippen molar-refractivity contribution in [3.8, 4) is 0 Å². The van der Waals surface area contributed by atoms with Gasteiger partial charge in [-0.15, -0.1) is 0 Å². The van der Waals surface area contributed by atoms with Gasteiger partial charge in [0.15, 0.2) is 14.6 Å². The second kappa shape index (κ2) is 7.39. The number of hydrogen-bond acceptors (Lipinski definition) is 5. The Bertz CT molecular complexity index is 887.